The molecule has 0 saturated heterocycles. The van der Waals surface area contributed by atoms with Crippen LogP contribution in [0, 0.1) is 34.5 Å². The van der Waals surface area contributed by atoms with Gasteiger partial charge in [-0.15, -0.1) is 23.5 Å². The molecule has 1 N–H and O–H groups in total. The molecule has 1 nitrogen and oxygen atoms in total. The van der Waals surface area contributed by atoms with E-state index >= 15 is 0 Å². The predicted molar refractivity (Wildman–Crippen MR) is 161 cm³/mol. The fourth-order valence-corrected chi connectivity index (χ4v) is 13.0. The highest BCUT2D eigenvalue weighted by Gasteiger charge is 2.65. The first-order valence-corrected chi connectivity index (χ1v) is 16.8. The first kappa shape index (κ1) is 26.3. The molecule has 7 atom stereocenters. The minimum atomic E-state index is -0.440. The smallest absolute Gasteiger partial charge is 0.0673 e. The van der Waals surface area contributed by atoms with Gasteiger partial charge in [-0.1, -0.05) is 74.5 Å². The number of fused-ring (bicyclic) bond motifs is 5. The molecule has 4 aliphatic carbocycles. The summed E-state index contributed by atoms with van der Waals surface area (Å²) in [5.74, 6) is 5.53. The molecule has 0 aliphatic heterocycles. The molecule has 4 fully saturated rings. The van der Waals surface area contributed by atoms with Crippen LogP contribution in [0.25, 0.3) is 0 Å². The van der Waals surface area contributed by atoms with Crippen LogP contribution in [0.2, 0.25) is 0 Å². The molecule has 0 radical (unpaired) electrons. The third-order valence-corrected chi connectivity index (χ3v) is 15.6. The maximum atomic E-state index is 10.9. The van der Waals surface area contributed by atoms with Crippen molar-refractivity contribution in [3.05, 3.63) is 71.8 Å². The van der Waals surface area contributed by atoms with Gasteiger partial charge in [-0.05, 0) is 110 Å². The molecule has 0 heterocycles. The van der Waals surface area contributed by atoms with Crippen LogP contribution in [0.1, 0.15) is 89.7 Å². The number of hydrogen-bond acceptors (Lipinski definition) is 3. The molecule has 0 spiro atoms. The van der Waals surface area contributed by atoms with E-state index in [-0.39, 0.29) is 4.08 Å². The van der Waals surface area contributed by atoms with Crippen molar-refractivity contribution in [3.8, 4) is 0 Å². The molecule has 0 bridgehead atoms. The van der Waals surface area contributed by atoms with Gasteiger partial charge in [0.05, 0.1) is 9.68 Å². The van der Waals surface area contributed by atoms with E-state index in [0.717, 1.165) is 42.1 Å². The first-order valence-electron chi connectivity index (χ1n) is 14.8. The summed E-state index contributed by atoms with van der Waals surface area (Å²) in [6, 6.07) is 22.3. The number of benzene rings is 2. The second-order valence-corrected chi connectivity index (χ2v) is 16.5. The van der Waals surface area contributed by atoms with Gasteiger partial charge in [0.1, 0.15) is 0 Å². The Morgan fingerprint density at radius 3 is 1.92 bits per heavy atom. The normalized spacial score (nSPS) is 40.4. The highest BCUT2D eigenvalue weighted by molar-refractivity contribution is 8.17. The zero-order valence-electron chi connectivity index (χ0n) is 23.1. The quantitative estimate of drug-likeness (QED) is 0.373. The summed E-state index contributed by atoms with van der Waals surface area (Å²) in [4.78, 5) is 0. The van der Waals surface area contributed by atoms with Gasteiger partial charge >= 0.3 is 0 Å². The van der Waals surface area contributed by atoms with E-state index in [2.05, 4.69) is 105 Å². The van der Waals surface area contributed by atoms with Crippen molar-refractivity contribution in [2.24, 2.45) is 34.5 Å². The standard InChI is InChI=1S/C34H46OS2/c1-31(35)20-21-32(2)27(22-31)14-15-28-29(32)16-18-33(3)30(28)17-19-34(33,36-23-25-10-6-4-7-11-25)37-24-26-12-8-5-9-13-26/h4-13,27-30,35H,14-24H2,1-3H3/t27?,28?,29?,30?,31-,32+,33+/m1/s1. The SMILES string of the molecule is C[C@@]1(O)CC[C@@]2(C)C(CCC3C2CC[C@@]2(C)C3CCC2(SCc2ccccc2)SCc2ccccc2)C1. The predicted octanol–water partition coefficient (Wildman–Crippen LogP) is 9.34. The minimum Gasteiger partial charge on any atom is -0.390 e. The first-order chi connectivity index (χ1) is 17.7. The van der Waals surface area contributed by atoms with Gasteiger partial charge in [0, 0.05) is 11.5 Å². The monoisotopic (exact) mass is 534 g/mol. The molecule has 0 amide bonds. The lowest BCUT2D eigenvalue weighted by atomic mass is 9.44. The second kappa shape index (κ2) is 9.93. The Morgan fingerprint density at radius 2 is 1.30 bits per heavy atom. The largest absolute Gasteiger partial charge is 0.390 e. The van der Waals surface area contributed by atoms with Crippen LogP contribution in [-0.2, 0) is 11.5 Å². The molecule has 3 heteroatoms. The molecular weight excluding hydrogens is 489 g/mol. The zero-order chi connectivity index (χ0) is 25.7. The van der Waals surface area contributed by atoms with Gasteiger partial charge in [0.15, 0.2) is 0 Å². The van der Waals surface area contributed by atoms with E-state index in [1.807, 2.05) is 0 Å². The van der Waals surface area contributed by atoms with Gasteiger partial charge in [-0.25, -0.2) is 0 Å². The van der Waals surface area contributed by atoms with Crippen molar-refractivity contribution in [2.45, 2.75) is 99.7 Å². The highest BCUT2D eigenvalue weighted by atomic mass is 32.2. The van der Waals surface area contributed by atoms with Crippen LogP contribution in [-0.4, -0.2) is 14.8 Å². The molecule has 2 aromatic rings. The molecule has 4 saturated carbocycles. The Balaban J connectivity index is 1.27. The van der Waals surface area contributed by atoms with Gasteiger partial charge in [-0.2, -0.15) is 0 Å². The summed E-state index contributed by atoms with van der Waals surface area (Å²) in [6.45, 7) is 7.43. The number of aliphatic hydroxyl groups is 1. The Kier molecular flexibility index (Phi) is 7.07. The fourth-order valence-electron chi connectivity index (χ4n) is 9.45. The molecule has 0 aromatic heterocycles. The Hall–Kier alpha value is -0.900. The lowest BCUT2D eigenvalue weighted by molar-refractivity contribution is -0.142. The van der Waals surface area contributed by atoms with E-state index < -0.39 is 5.60 Å². The Morgan fingerprint density at radius 1 is 0.703 bits per heavy atom. The summed E-state index contributed by atoms with van der Waals surface area (Å²) >= 11 is 4.56. The molecular formula is C34H46OS2. The van der Waals surface area contributed by atoms with E-state index in [9.17, 15) is 5.11 Å². The van der Waals surface area contributed by atoms with Gasteiger partial charge in [0.2, 0.25) is 0 Å². The van der Waals surface area contributed by atoms with Crippen molar-refractivity contribution in [1.82, 2.24) is 0 Å². The zero-order valence-corrected chi connectivity index (χ0v) is 24.8. The van der Waals surface area contributed by atoms with Gasteiger partial charge in [-0.3, -0.25) is 0 Å². The Labute approximate surface area is 234 Å². The third kappa shape index (κ3) is 4.63. The average molecular weight is 535 g/mol. The third-order valence-electron chi connectivity index (χ3n) is 11.6. The summed E-state index contributed by atoms with van der Waals surface area (Å²) < 4.78 is 0.280. The molecule has 2 aromatic carbocycles. The van der Waals surface area contributed by atoms with E-state index in [1.54, 1.807) is 0 Å². The van der Waals surface area contributed by atoms with Crippen LogP contribution in [0.4, 0.5) is 0 Å². The molecule has 200 valence electrons. The van der Waals surface area contributed by atoms with Crippen LogP contribution in [0.5, 0.6) is 0 Å². The van der Waals surface area contributed by atoms with Crippen LogP contribution >= 0.6 is 23.5 Å². The molecule has 4 unspecified atom stereocenters. The van der Waals surface area contributed by atoms with Crippen LogP contribution in [0.3, 0.4) is 0 Å². The van der Waals surface area contributed by atoms with Gasteiger partial charge in [0.25, 0.3) is 0 Å². The fraction of sp³-hybridized carbons (Fsp3) is 0.647. The Bertz CT molecular complexity index is 1020. The molecule has 4 aliphatic rings. The summed E-state index contributed by atoms with van der Waals surface area (Å²) in [7, 11) is 0. The van der Waals surface area contributed by atoms with Crippen molar-refractivity contribution in [2.75, 3.05) is 0 Å². The lowest BCUT2D eigenvalue weighted by Gasteiger charge is -2.62. The van der Waals surface area contributed by atoms with Crippen LogP contribution in [0.15, 0.2) is 60.7 Å². The maximum Gasteiger partial charge on any atom is 0.0673 e. The molecule has 6 rings (SSSR count). The van der Waals surface area contributed by atoms with Crippen molar-refractivity contribution < 1.29 is 5.11 Å². The average Bonchev–Trinajstić information content (AvgIpc) is 3.20. The highest BCUT2D eigenvalue weighted by Crippen LogP contribution is 2.73. The van der Waals surface area contributed by atoms with Crippen molar-refractivity contribution in [3.63, 3.8) is 0 Å². The minimum absolute atomic E-state index is 0.280. The summed E-state index contributed by atoms with van der Waals surface area (Å²) in [6.07, 6.45) is 11.5. The second-order valence-electron chi connectivity index (χ2n) is 13.7. The maximum absolute atomic E-state index is 10.9. The van der Waals surface area contributed by atoms with Crippen molar-refractivity contribution in [1.29, 1.82) is 0 Å². The van der Waals surface area contributed by atoms with E-state index in [0.29, 0.717) is 16.7 Å². The number of rotatable bonds is 6. The topological polar surface area (TPSA) is 20.2 Å². The van der Waals surface area contributed by atoms with Crippen LogP contribution < -0.4 is 0 Å². The van der Waals surface area contributed by atoms with E-state index in [4.69, 9.17) is 0 Å². The number of hydrogen-bond donors (Lipinski definition) is 1. The van der Waals surface area contributed by atoms with Crippen molar-refractivity contribution >= 4 is 23.5 Å². The summed E-state index contributed by atoms with van der Waals surface area (Å²) in [5, 5.41) is 10.9. The van der Waals surface area contributed by atoms with Gasteiger partial charge < -0.3 is 5.11 Å². The molecule has 37 heavy (non-hydrogen) atoms. The summed E-state index contributed by atoms with van der Waals surface area (Å²) in [5.41, 5.74) is 3.32. The van der Waals surface area contributed by atoms with E-state index in [1.165, 1.54) is 56.1 Å². The number of thioether (sulfide) groups is 2. The lowest BCUT2D eigenvalue weighted by Crippen LogP contribution is -2.56.